The second-order valence-electron chi connectivity index (χ2n) is 4.86. The van der Waals surface area contributed by atoms with Gasteiger partial charge < -0.3 is 10.2 Å². The van der Waals surface area contributed by atoms with Gasteiger partial charge in [-0.2, -0.15) is 0 Å². The molecule has 0 aromatic carbocycles. The van der Waals surface area contributed by atoms with E-state index in [2.05, 4.69) is 6.58 Å². The molecule has 2 nitrogen and oxygen atoms in total. The summed E-state index contributed by atoms with van der Waals surface area (Å²) in [7, 11) is 0. The molecule has 2 heteroatoms. The summed E-state index contributed by atoms with van der Waals surface area (Å²) < 4.78 is 0. The van der Waals surface area contributed by atoms with Crippen LogP contribution >= 0.6 is 0 Å². The molecule has 0 bridgehead atoms. The number of rotatable bonds is 5. The Morgan fingerprint density at radius 1 is 1.27 bits per heavy atom. The van der Waals surface area contributed by atoms with Crippen molar-refractivity contribution in [1.29, 1.82) is 0 Å². The van der Waals surface area contributed by atoms with E-state index in [0.29, 0.717) is 12.3 Å². The SMILES string of the molecule is C=C[C@@H](C)C(O)CC(O)C1CCCCC1. The van der Waals surface area contributed by atoms with Crippen molar-refractivity contribution in [2.24, 2.45) is 11.8 Å². The van der Waals surface area contributed by atoms with E-state index in [-0.39, 0.29) is 12.0 Å². The summed E-state index contributed by atoms with van der Waals surface area (Å²) in [4.78, 5) is 0. The highest BCUT2D eigenvalue weighted by molar-refractivity contribution is 4.84. The van der Waals surface area contributed by atoms with Gasteiger partial charge in [0.1, 0.15) is 0 Å². The van der Waals surface area contributed by atoms with Crippen LogP contribution in [0.25, 0.3) is 0 Å². The van der Waals surface area contributed by atoms with Gasteiger partial charge in [-0.05, 0) is 24.7 Å². The molecular formula is C13H24O2. The molecule has 2 unspecified atom stereocenters. The number of aliphatic hydroxyl groups is 2. The van der Waals surface area contributed by atoms with E-state index in [1.54, 1.807) is 6.08 Å². The van der Waals surface area contributed by atoms with Crippen LogP contribution in [-0.4, -0.2) is 22.4 Å². The van der Waals surface area contributed by atoms with E-state index < -0.39 is 6.10 Å². The van der Waals surface area contributed by atoms with Crippen LogP contribution in [0.5, 0.6) is 0 Å². The fourth-order valence-electron chi connectivity index (χ4n) is 2.33. The average molecular weight is 212 g/mol. The average Bonchev–Trinajstić information content (AvgIpc) is 2.29. The van der Waals surface area contributed by atoms with Crippen LogP contribution in [0.2, 0.25) is 0 Å². The van der Waals surface area contributed by atoms with Crippen LogP contribution in [0.1, 0.15) is 45.4 Å². The number of hydrogen-bond acceptors (Lipinski definition) is 2. The van der Waals surface area contributed by atoms with Gasteiger partial charge in [0.25, 0.3) is 0 Å². The number of aliphatic hydroxyl groups excluding tert-OH is 2. The molecule has 88 valence electrons. The van der Waals surface area contributed by atoms with Crippen molar-refractivity contribution in [1.82, 2.24) is 0 Å². The van der Waals surface area contributed by atoms with Crippen LogP contribution in [0.3, 0.4) is 0 Å². The predicted octanol–water partition coefficient (Wildman–Crippen LogP) is 2.50. The minimum absolute atomic E-state index is 0.0724. The van der Waals surface area contributed by atoms with E-state index >= 15 is 0 Å². The largest absolute Gasteiger partial charge is 0.393 e. The molecule has 1 rings (SSSR count). The van der Waals surface area contributed by atoms with Crippen LogP contribution in [0, 0.1) is 11.8 Å². The first kappa shape index (κ1) is 12.7. The summed E-state index contributed by atoms with van der Waals surface area (Å²) in [6.45, 7) is 5.60. The van der Waals surface area contributed by atoms with Crippen molar-refractivity contribution < 1.29 is 10.2 Å². The first-order valence-electron chi connectivity index (χ1n) is 6.13. The van der Waals surface area contributed by atoms with E-state index in [1.165, 1.54) is 19.3 Å². The molecule has 0 aromatic rings. The van der Waals surface area contributed by atoms with Crippen molar-refractivity contribution in [2.75, 3.05) is 0 Å². The zero-order chi connectivity index (χ0) is 11.3. The van der Waals surface area contributed by atoms with Gasteiger partial charge in [0, 0.05) is 6.42 Å². The van der Waals surface area contributed by atoms with Crippen molar-refractivity contribution in [3.05, 3.63) is 12.7 Å². The molecule has 0 aliphatic heterocycles. The molecule has 1 aliphatic rings. The molecular weight excluding hydrogens is 188 g/mol. The van der Waals surface area contributed by atoms with Crippen molar-refractivity contribution >= 4 is 0 Å². The van der Waals surface area contributed by atoms with Gasteiger partial charge in [0.05, 0.1) is 12.2 Å². The molecule has 0 spiro atoms. The van der Waals surface area contributed by atoms with Crippen molar-refractivity contribution in [3.8, 4) is 0 Å². The maximum Gasteiger partial charge on any atom is 0.0624 e. The highest BCUT2D eigenvalue weighted by Crippen LogP contribution is 2.29. The van der Waals surface area contributed by atoms with Gasteiger partial charge in [-0.15, -0.1) is 6.58 Å². The zero-order valence-electron chi connectivity index (χ0n) is 9.73. The highest BCUT2D eigenvalue weighted by Gasteiger charge is 2.25. The Hall–Kier alpha value is -0.340. The topological polar surface area (TPSA) is 40.5 Å². The van der Waals surface area contributed by atoms with Crippen LogP contribution < -0.4 is 0 Å². The molecule has 15 heavy (non-hydrogen) atoms. The molecule has 0 radical (unpaired) electrons. The van der Waals surface area contributed by atoms with Crippen LogP contribution in [0.4, 0.5) is 0 Å². The van der Waals surface area contributed by atoms with E-state index in [0.717, 1.165) is 12.8 Å². The van der Waals surface area contributed by atoms with Crippen LogP contribution in [0.15, 0.2) is 12.7 Å². The zero-order valence-corrected chi connectivity index (χ0v) is 9.73. The highest BCUT2D eigenvalue weighted by atomic mass is 16.3. The standard InChI is InChI=1S/C13H24O2/c1-3-10(2)12(14)9-13(15)11-7-5-4-6-8-11/h3,10-15H,1,4-9H2,2H3/t10-,12?,13?/m1/s1. The molecule has 0 amide bonds. The first-order chi connectivity index (χ1) is 7.15. The van der Waals surface area contributed by atoms with Gasteiger partial charge in [-0.25, -0.2) is 0 Å². The van der Waals surface area contributed by atoms with Gasteiger partial charge in [0.2, 0.25) is 0 Å². The number of hydrogen-bond donors (Lipinski definition) is 2. The maximum absolute atomic E-state index is 9.99. The molecule has 1 fully saturated rings. The summed E-state index contributed by atoms with van der Waals surface area (Å²) in [6, 6.07) is 0. The lowest BCUT2D eigenvalue weighted by Crippen LogP contribution is -2.29. The van der Waals surface area contributed by atoms with Gasteiger partial charge >= 0.3 is 0 Å². The second-order valence-corrected chi connectivity index (χ2v) is 4.86. The van der Waals surface area contributed by atoms with Gasteiger partial charge in [0.15, 0.2) is 0 Å². The van der Waals surface area contributed by atoms with E-state index in [1.807, 2.05) is 6.92 Å². The Balaban J connectivity index is 2.32. The smallest absolute Gasteiger partial charge is 0.0624 e. The Bertz CT molecular complexity index is 185. The lowest BCUT2D eigenvalue weighted by Gasteiger charge is -2.28. The third-order valence-electron chi connectivity index (χ3n) is 3.66. The molecule has 0 saturated heterocycles. The minimum atomic E-state index is -0.445. The summed E-state index contributed by atoms with van der Waals surface area (Å²) >= 11 is 0. The fraction of sp³-hybridized carbons (Fsp3) is 0.846. The van der Waals surface area contributed by atoms with Crippen molar-refractivity contribution in [3.63, 3.8) is 0 Å². The van der Waals surface area contributed by atoms with Crippen LogP contribution in [-0.2, 0) is 0 Å². The maximum atomic E-state index is 9.99. The van der Waals surface area contributed by atoms with Gasteiger partial charge in [-0.1, -0.05) is 32.3 Å². The first-order valence-corrected chi connectivity index (χ1v) is 6.13. The Morgan fingerprint density at radius 3 is 2.40 bits per heavy atom. The molecule has 1 aliphatic carbocycles. The molecule has 3 atom stereocenters. The normalized spacial score (nSPS) is 24.5. The third kappa shape index (κ3) is 3.96. The molecule has 0 heterocycles. The Labute approximate surface area is 93.0 Å². The van der Waals surface area contributed by atoms with E-state index in [4.69, 9.17) is 0 Å². The summed E-state index contributed by atoms with van der Waals surface area (Å²) in [5.74, 6) is 0.480. The Morgan fingerprint density at radius 2 is 1.87 bits per heavy atom. The Kier molecular flexibility index (Phi) is 5.34. The predicted molar refractivity (Wildman–Crippen MR) is 62.6 cm³/mol. The summed E-state index contributed by atoms with van der Waals surface area (Å²) in [5, 5.41) is 19.8. The third-order valence-corrected chi connectivity index (χ3v) is 3.66. The lowest BCUT2D eigenvalue weighted by molar-refractivity contribution is 0.0192. The molecule has 1 saturated carbocycles. The second kappa shape index (κ2) is 6.29. The van der Waals surface area contributed by atoms with Gasteiger partial charge in [-0.3, -0.25) is 0 Å². The monoisotopic (exact) mass is 212 g/mol. The summed E-state index contributed by atoms with van der Waals surface area (Å²) in [5.41, 5.74) is 0. The quantitative estimate of drug-likeness (QED) is 0.687. The summed E-state index contributed by atoms with van der Waals surface area (Å²) in [6.07, 6.45) is 7.48. The van der Waals surface area contributed by atoms with Crippen molar-refractivity contribution in [2.45, 2.75) is 57.7 Å². The minimum Gasteiger partial charge on any atom is -0.393 e. The molecule has 2 N–H and O–H groups in total. The molecule has 0 aromatic heterocycles. The lowest BCUT2D eigenvalue weighted by atomic mass is 9.82. The fourth-order valence-corrected chi connectivity index (χ4v) is 2.33. The van der Waals surface area contributed by atoms with E-state index in [9.17, 15) is 10.2 Å².